The van der Waals surface area contributed by atoms with Gasteiger partial charge in [0.1, 0.15) is 0 Å². The zero-order chi connectivity index (χ0) is 62.5. The number of fused-ring (bicyclic) bond motifs is 2. The van der Waals surface area contributed by atoms with Crippen LogP contribution in [0.2, 0.25) is 0 Å². The minimum atomic E-state index is -4.78. The highest BCUT2D eigenvalue weighted by Crippen LogP contribution is 2.50. The molecule has 0 saturated heterocycles. The SMILES string of the molecule is [2H]c1c([2H])c2c(c([2H])c1-c1cccc(-c3c([2H])c([2H])c4c(c3[2H])C(C([2H])([2H])[2H])(C([2H])([2H])[2H])C([2H])([2H])C([2H])([2H])C4(C([2H])([2H])[2H])C([2H])([2H])[2H])c1Nc1ccccc1N)C(C([2H])([2H])[2H])(C([2H])([2H])[2H])C([2H])([2H])C([2H])([2H])C2(C([2H])([2H])[2H])C([2H])([2H])[2H]. The van der Waals surface area contributed by atoms with Gasteiger partial charge in [0.25, 0.3) is 0 Å². The Kier molecular flexibility index (Phi) is 1.89. The molecule has 0 fully saturated rings. The van der Waals surface area contributed by atoms with E-state index >= 15 is 0 Å². The zero-order valence-corrected chi connectivity index (χ0v) is 21.6. The lowest BCUT2D eigenvalue weighted by molar-refractivity contribution is 0.332. The number of benzene rings is 4. The summed E-state index contributed by atoms with van der Waals surface area (Å²) in [7, 11) is 0. The lowest BCUT2D eigenvalue weighted by Gasteiger charge is -2.42. The van der Waals surface area contributed by atoms with E-state index in [2.05, 4.69) is 5.32 Å². The monoisotopic (exact) mass is 595 g/mol. The van der Waals surface area contributed by atoms with Gasteiger partial charge in [-0.15, -0.1) is 0 Å². The van der Waals surface area contributed by atoms with E-state index in [1.165, 1.54) is 24.3 Å². The lowest BCUT2D eigenvalue weighted by atomic mass is 9.62. The fraction of sp³-hybridized carbons (Fsp3) is 0.400. The molecule has 2 aliphatic rings. The molecule has 0 aromatic heterocycles. The van der Waals surface area contributed by atoms with Crippen molar-refractivity contribution < 1.29 is 52.1 Å². The number of rotatable bonds is 4. The Morgan fingerprint density at radius 1 is 0.619 bits per heavy atom. The van der Waals surface area contributed by atoms with Crippen molar-refractivity contribution in [3.63, 3.8) is 0 Å². The van der Waals surface area contributed by atoms with Crippen molar-refractivity contribution in [3.8, 4) is 22.3 Å². The number of hydrogen-bond acceptors (Lipinski definition) is 2. The molecule has 0 heterocycles. The van der Waals surface area contributed by atoms with Crippen LogP contribution in [0.3, 0.4) is 0 Å². The summed E-state index contributed by atoms with van der Waals surface area (Å²) in [5, 5.41) is 2.71. The van der Waals surface area contributed by atoms with Crippen molar-refractivity contribution in [2.75, 3.05) is 11.1 Å². The summed E-state index contributed by atoms with van der Waals surface area (Å²) in [6, 6.07) is -2.64. The highest BCUT2D eigenvalue weighted by molar-refractivity contribution is 5.94. The Morgan fingerprint density at radius 2 is 1.07 bits per heavy atom. The van der Waals surface area contributed by atoms with Crippen LogP contribution in [-0.2, 0) is 21.7 Å². The Bertz CT molecular complexity index is 2930. The Morgan fingerprint density at radius 3 is 1.52 bits per heavy atom. The van der Waals surface area contributed by atoms with Gasteiger partial charge in [-0.05, 0) is 92.7 Å². The predicted octanol–water partition coefficient (Wildman–Crippen LogP) is 11.0. The second-order valence-corrected chi connectivity index (χ2v) is 9.94. The zero-order valence-electron chi connectivity index (χ0n) is 59.6. The Hall–Kier alpha value is -3.52. The van der Waals surface area contributed by atoms with E-state index < -0.39 is 188 Å². The first-order chi connectivity index (χ1) is 35.3. The molecule has 0 unspecified atom stereocenters. The molecular weight excluding hydrogens is 508 g/mol. The van der Waals surface area contributed by atoms with Crippen molar-refractivity contribution in [3.05, 3.63) is 101 Å². The minimum absolute atomic E-state index is 0.250. The topological polar surface area (TPSA) is 38.0 Å². The lowest BCUT2D eigenvalue weighted by Crippen LogP contribution is -2.33. The number of para-hydroxylation sites is 3. The molecule has 3 N–H and O–H groups in total. The van der Waals surface area contributed by atoms with E-state index in [1.807, 2.05) is 0 Å². The van der Waals surface area contributed by atoms with E-state index in [0.29, 0.717) is 0 Å². The predicted molar refractivity (Wildman–Crippen MR) is 182 cm³/mol. The molecule has 218 valence electrons. The molecule has 0 saturated carbocycles. The summed E-state index contributed by atoms with van der Waals surface area (Å²) in [6.45, 7) is -35.8. The largest absolute Gasteiger partial charge is 0.397 e. The number of hydrogen-bond donors (Lipinski definition) is 2. The maximum absolute atomic E-state index is 9.85. The van der Waals surface area contributed by atoms with Gasteiger partial charge in [-0.25, -0.2) is 0 Å². The summed E-state index contributed by atoms with van der Waals surface area (Å²) in [5.41, 5.74) is -25.4. The van der Waals surface area contributed by atoms with Crippen molar-refractivity contribution in [1.82, 2.24) is 0 Å². The number of anilines is 3. The average molecular weight is 595 g/mol. The summed E-state index contributed by atoms with van der Waals surface area (Å²) < 4.78 is 339. The number of nitrogens with two attached hydrogens (primary N) is 1. The van der Waals surface area contributed by atoms with E-state index in [4.69, 9.17) is 44.1 Å². The fourth-order valence-corrected chi connectivity index (χ4v) is 4.68. The Labute approximate surface area is 307 Å². The molecular formula is C40H48N2. The van der Waals surface area contributed by atoms with Crippen LogP contribution in [0.15, 0.2) is 78.7 Å². The van der Waals surface area contributed by atoms with Crippen LogP contribution >= 0.6 is 0 Å². The smallest absolute Gasteiger partial charge is 0.0632 e. The summed E-state index contributed by atoms with van der Waals surface area (Å²) >= 11 is 0. The van der Waals surface area contributed by atoms with Gasteiger partial charge < -0.3 is 11.1 Å². The first-order valence-electron chi connectivity index (χ1n) is 31.4. The molecule has 4 aromatic rings. The maximum Gasteiger partial charge on any atom is 0.0632 e. The fourth-order valence-electron chi connectivity index (χ4n) is 4.68. The van der Waals surface area contributed by atoms with Crippen LogP contribution in [-0.4, -0.2) is 0 Å². The number of nitrogen functional groups attached to an aromatic ring is 1. The van der Waals surface area contributed by atoms with Gasteiger partial charge >= 0.3 is 0 Å². The van der Waals surface area contributed by atoms with Crippen LogP contribution in [0, 0.1) is 0 Å². The first-order valence-corrected chi connectivity index (χ1v) is 12.4. The summed E-state index contributed by atoms with van der Waals surface area (Å²) in [6.07, 6.45) is -19.0. The van der Waals surface area contributed by atoms with E-state index in [1.54, 1.807) is 0 Å². The molecule has 0 bridgehead atoms. The van der Waals surface area contributed by atoms with E-state index in [0.717, 1.165) is 18.2 Å². The van der Waals surface area contributed by atoms with Crippen molar-refractivity contribution in [2.24, 2.45) is 0 Å². The molecule has 0 aliphatic heterocycles. The second kappa shape index (κ2) is 9.76. The molecule has 2 nitrogen and oxygen atoms in total. The van der Waals surface area contributed by atoms with Gasteiger partial charge in [-0.1, -0.05) is 121 Å². The second-order valence-electron chi connectivity index (χ2n) is 9.94. The van der Waals surface area contributed by atoms with Gasteiger partial charge in [-0.2, -0.15) is 0 Å². The van der Waals surface area contributed by atoms with E-state index in [9.17, 15) is 13.7 Å². The summed E-state index contributed by atoms with van der Waals surface area (Å²) in [4.78, 5) is 0. The van der Waals surface area contributed by atoms with E-state index in [-0.39, 0.29) is 11.4 Å². The van der Waals surface area contributed by atoms with Gasteiger partial charge in [0, 0.05) is 55.0 Å². The van der Waals surface area contributed by atoms with Gasteiger partial charge in [-0.3, -0.25) is 0 Å². The molecule has 0 amide bonds. The third-order valence-corrected chi connectivity index (χ3v) is 6.82. The molecule has 0 atom stereocenters. The third kappa shape index (κ3) is 4.83. The van der Waals surface area contributed by atoms with Crippen LogP contribution in [0.1, 0.15) is 155 Å². The quantitative estimate of drug-likeness (QED) is 0.231. The Balaban J connectivity index is 2.06. The molecule has 6 rings (SSSR count). The van der Waals surface area contributed by atoms with Crippen LogP contribution in [0.5, 0.6) is 0 Å². The summed E-state index contributed by atoms with van der Waals surface area (Å²) in [5.74, 6) is 0. The minimum Gasteiger partial charge on any atom is -0.397 e. The molecule has 2 heteroatoms. The standard InChI is InChI=1S/C40H48N2/c1-37(2)20-22-39(5,6)32-24-26(16-18-30(32)37)28-12-11-13-29(36(28)42-35-15-10-9-14-34(35)41)27-17-19-31-33(25-27)40(7,8)23-21-38(31,3)4/h9-19,24-25,42H,20-23,41H2,1-8H3/i1D3,2D3,3D3,4D3,5D3,6D3,7D3,8D3,16D,17D,18D,19D,20D2,21D2,22D2,23D2,24D,25D. The molecule has 0 radical (unpaired) electrons. The normalized spacial score (nSPS) is 39.9. The van der Waals surface area contributed by atoms with Crippen LogP contribution in [0.4, 0.5) is 17.1 Å². The van der Waals surface area contributed by atoms with Crippen molar-refractivity contribution in [1.29, 1.82) is 0 Å². The molecule has 0 spiro atoms. The average Bonchev–Trinajstić information content (AvgIpc) is 3.21. The van der Waals surface area contributed by atoms with Gasteiger partial charge in [0.05, 0.1) is 25.3 Å². The van der Waals surface area contributed by atoms with Crippen LogP contribution < -0.4 is 11.1 Å². The van der Waals surface area contributed by atoms with Crippen LogP contribution in [0.25, 0.3) is 22.3 Å². The highest BCUT2D eigenvalue weighted by Gasteiger charge is 2.38. The number of nitrogens with one attached hydrogen (secondary N) is 1. The van der Waals surface area contributed by atoms with Crippen molar-refractivity contribution in [2.45, 2.75) is 102 Å². The van der Waals surface area contributed by atoms with Gasteiger partial charge in [0.15, 0.2) is 0 Å². The first kappa shape index (κ1) is 8.14. The molecule has 42 heavy (non-hydrogen) atoms. The highest BCUT2D eigenvalue weighted by atomic mass is 14.9. The van der Waals surface area contributed by atoms with Crippen molar-refractivity contribution >= 4 is 17.1 Å². The molecule has 4 aromatic carbocycles. The maximum atomic E-state index is 9.85. The molecule has 2 aliphatic carbocycles. The van der Waals surface area contributed by atoms with Gasteiger partial charge in [0.2, 0.25) is 0 Å². The third-order valence-electron chi connectivity index (χ3n) is 6.82.